The smallest absolute Gasteiger partial charge is 0.225 e. The first-order valence-corrected chi connectivity index (χ1v) is 12.0. The van der Waals surface area contributed by atoms with Crippen molar-refractivity contribution < 1.29 is 13.2 Å². The molecule has 148 valence electrons. The second-order valence-corrected chi connectivity index (χ2v) is 10.8. The molecule has 0 bridgehead atoms. The summed E-state index contributed by atoms with van der Waals surface area (Å²) < 4.78 is 31.8. The lowest BCUT2D eigenvalue weighted by Gasteiger charge is -2.32. The number of hydrogen-bond donors (Lipinski definition) is 0. The van der Waals surface area contributed by atoms with Crippen LogP contribution in [0.2, 0.25) is 0 Å². The maximum atomic E-state index is 12.0. The van der Waals surface area contributed by atoms with Gasteiger partial charge in [-0.3, -0.25) is 0 Å². The molecule has 7 nitrogen and oxygen atoms in total. The van der Waals surface area contributed by atoms with Gasteiger partial charge in [-0.25, -0.2) is 18.4 Å². The fourth-order valence-corrected chi connectivity index (χ4v) is 5.98. The van der Waals surface area contributed by atoms with Crippen LogP contribution in [0.4, 0.5) is 0 Å². The van der Waals surface area contributed by atoms with Gasteiger partial charge in [-0.2, -0.15) is 4.31 Å². The van der Waals surface area contributed by atoms with E-state index in [0.717, 1.165) is 47.9 Å². The average Bonchev–Trinajstić information content (AvgIpc) is 3.00. The molecule has 0 unspecified atom stereocenters. The SMILES string of the molecule is CN(C)[C@H]1CC[C@H](Oc2ncnc3sc4c(c23)CN(S(C)(=O)=O)CC4)CC1. The molecular formula is C18H26N4O3S2. The Bertz CT molecular complexity index is 933. The Kier molecular flexibility index (Phi) is 5.13. The molecule has 1 fully saturated rings. The summed E-state index contributed by atoms with van der Waals surface area (Å²) in [7, 11) is 1.04. The molecule has 0 amide bonds. The van der Waals surface area contributed by atoms with Crippen LogP contribution in [0.5, 0.6) is 5.88 Å². The molecule has 1 aliphatic carbocycles. The van der Waals surface area contributed by atoms with Crippen LogP contribution in [0.1, 0.15) is 36.1 Å². The van der Waals surface area contributed by atoms with E-state index in [2.05, 4.69) is 29.0 Å². The molecular weight excluding hydrogens is 384 g/mol. The van der Waals surface area contributed by atoms with Gasteiger partial charge < -0.3 is 9.64 Å². The van der Waals surface area contributed by atoms with Crippen LogP contribution < -0.4 is 4.74 Å². The standard InChI is InChI=1S/C18H26N4O3S2/c1-21(2)12-4-6-13(7-5-12)25-17-16-14-10-22(27(3,23)24)9-8-15(14)26-18(16)20-11-19-17/h11-13H,4-10H2,1-3H3/t12-,13-. The van der Waals surface area contributed by atoms with Gasteiger partial charge >= 0.3 is 0 Å². The summed E-state index contributed by atoms with van der Waals surface area (Å²) in [5, 5.41) is 0.903. The van der Waals surface area contributed by atoms with Gasteiger partial charge in [0.05, 0.1) is 11.6 Å². The van der Waals surface area contributed by atoms with Crippen LogP contribution in [-0.2, 0) is 23.0 Å². The van der Waals surface area contributed by atoms with Crippen LogP contribution in [0.15, 0.2) is 6.33 Å². The maximum Gasteiger partial charge on any atom is 0.225 e. The van der Waals surface area contributed by atoms with E-state index in [1.54, 1.807) is 17.7 Å². The Balaban J connectivity index is 1.60. The molecule has 1 aliphatic heterocycles. The van der Waals surface area contributed by atoms with Gasteiger partial charge in [0.25, 0.3) is 0 Å². The van der Waals surface area contributed by atoms with E-state index in [9.17, 15) is 8.42 Å². The van der Waals surface area contributed by atoms with E-state index in [4.69, 9.17) is 4.74 Å². The van der Waals surface area contributed by atoms with Gasteiger partial charge in [-0.05, 0) is 51.8 Å². The normalized spacial score (nSPS) is 24.3. The van der Waals surface area contributed by atoms with Crippen molar-refractivity contribution in [2.75, 3.05) is 26.9 Å². The minimum absolute atomic E-state index is 0.157. The zero-order valence-corrected chi connectivity index (χ0v) is 17.6. The zero-order valence-electron chi connectivity index (χ0n) is 16.0. The molecule has 3 heterocycles. The predicted molar refractivity (Wildman–Crippen MR) is 107 cm³/mol. The van der Waals surface area contributed by atoms with Gasteiger partial charge in [0, 0.05) is 24.0 Å². The largest absolute Gasteiger partial charge is 0.474 e. The number of nitrogens with zero attached hydrogens (tertiary/aromatic N) is 4. The van der Waals surface area contributed by atoms with Crippen LogP contribution >= 0.6 is 11.3 Å². The minimum Gasteiger partial charge on any atom is -0.474 e. The highest BCUT2D eigenvalue weighted by Crippen LogP contribution is 2.39. The summed E-state index contributed by atoms with van der Waals surface area (Å²) in [5.74, 6) is 0.612. The molecule has 0 saturated heterocycles. The van der Waals surface area contributed by atoms with Crippen molar-refractivity contribution in [1.29, 1.82) is 0 Å². The molecule has 27 heavy (non-hydrogen) atoms. The molecule has 4 rings (SSSR count). The fraction of sp³-hybridized carbons (Fsp3) is 0.667. The van der Waals surface area contributed by atoms with Gasteiger partial charge in [-0.15, -0.1) is 11.3 Å². The maximum absolute atomic E-state index is 12.0. The van der Waals surface area contributed by atoms with Crippen LogP contribution in [0, 0.1) is 0 Å². The molecule has 0 radical (unpaired) electrons. The van der Waals surface area contributed by atoms with Crippen molar-refractivity contribution in [3.8, 4) is 5.88 Å². The summed E-state index contributed by atoms with van der Waals surface area (Å²) >= 11 is 1.63. The van der Waals surface area contributed by atoms with Crippen LogP contribution in [0.3, 0.4) is 0 Å². The lowest BCUT2D eigenvalue weighted by molar-refractivity contribution is 0.108. The van der Waals surface area contributed by atoms with E-state index in [1.165, 1.54) is 15.4 Å². The highest BCUT2D eigenvalue weighted by Gasteiger charge is 2.30. The van der Waals surface area contributed by atoms with Crippen LogP contribution in [0.25, 0.3) is 10.2 Å². The molecule has 0 aromatic carbocycles. The van der Waals surface area contributed by atoms with E-state index in [1.807, 2.05) is 0 Å². The Morgan fingerprint density at radius 2 is 1.96 bits per heavy atom. The number of thiophene rings is 1. The first kappa shape index (κ1) is 19.0. The van der Waals surface area contributed by atoms with E-state index < -0.39 is 10.0 Å². The molecule has 9 heteroatoms. The number of hydrogen-bond acceptors (Lipinski definition) is 7. The number of sulfonamides is 1. The number of fused-ring (bicyclic) bond motifs is 3. The molecule has 0 spiro atoms. The summed E-state index contributed by atoms with van der Waals surface area (Å²) in [6.07, 6.45) is 7.96. The third kappa shape index (κ3) is 3.83. The number of ether oxygens (including phenoxy) is 1. The quantitative estimate of drug-likeness (QED) is 0.770. The minimum atomic E-state index is -3.22. The Hall–Kier alpha value is -1.29. The van der Waals surface area contributed by atoms with Crippen LogP contribution in [-0.4, -0.2) is 66.6 Å². The number of rotatable bonds is 4. The van der Waals surface area contributed by atoms with Crippen molar-refractivity contribution in [3.05, 3.63) is 16.8 Å². The summed E-state index contributed by atoms with van der Waals surface area (Å²) in [6.45, 7) is 0.905. The Morgan fingerprint density at radius 1 is 1.22 bits per heavy atom. The van der Waals surface area contributed by atoms with Crippen molar-refractivity contribution in [2.45, 2.75) is 50.8 Å². The summed E-state index contributed by atoms with van der Waals surface area (Å²) in [6, 6.07) is 0.618. The second-order valence-electron chi connectivity index (χ2n) is 7.72. The molecule has 2 aliphatic rings. The Labute approximate surface area is 164 Å². The van der Waals surface area contributed by atoms with E-state index in [-0.39, 0.29) is 6.10 Å². The third-order valence-electron chi connectivity index (χ3n) is 5.68. The second kappa shape index (κ2) is 7.27. The highest BCUT2D eigenvalue weighted by molar-refractivity contribution is 7.88. The fourth-order valence-electron chi connectivity index (χ4n) is 4.07. The van der Waals surface area contributed by atoms with Gasteiger partial charge in [0.2, 0.25) is 15.9 Å². The lowest BCUT2D eigenvalue weighted by atomic mass is 9.92. The first-order chi connectivity index (χ1) is 12.8. The van der Waals surface area contributed by atoms with Crippen molar-refractivity contribution >= 4 is 31.6 Å². The predicted octanol–water partition coefficient (Wildman–Crippen LogP) is 2.26. The molecule has 1 saturated carbocycles. The summed E-state index contributed by atoms with van der Waals surface area (Å²) in [4.78, 5) is 13.2. The van der Waals surface area contributed by atoms with E-state index in [0.29, 0.717) is 25.0 Å². The van der Waals surface area contributed by atoms with Gasteiger partial charge in [0.15, 0.2) is 0 Å². The monoisotopic (exact) mass is 410 g/mol. The zero-order chi connectivity index (χ0) is 19.2. The first-order valence-electron chi connectivity index (χ1n) is 9.36. The molecule has 0 N–H and O–H groups in total. The highest BCUT2D eigenvalue weighted by atomic mass is 32.2. The number of aromatic nitrogens is 2. The topological polar surface area (TPSA) is 75.6 Å². The lowest BCUT2D eigenvalue weighted by Crippen LogP contribution is -2.35. The molecule has 0 atom stereocenters. The molecule has 2 aromatic rings. The molecule has 2 aromatic heterocycles. The van der Waals surface area contributed by atoms with Crippen molar-refractivity contribution in [2.24, 2.45) is 0 Å². The van der Waals surface area contributed by atoms with E-state index >= 15 is 0 Å². The average molecular weight is 411 g/mol. The van der Waals surface area contributed by atoms with Gasteiger partial charge in [0.1, 0.15) is 17.3 Å². The van der Waals surface area contributed by atoms with Crippen molar-refractivity contribution in [3.63, 3.8) is 0 Å². The Morgan fingerprint density at radius 3 is 2.63 bits per heavy atom. The van der Waals surface area contributed by atoms with Crippen molar-refractivity contribution in [1.82, 2.24) is 19.2 Å². The third-order valence-corrected chi connectivity index (χ3v) is 8.13. The summed E-state index contributed by atoms with van der Waals surface area (Å²) in [5.41, 5.74) is 1.02. The van der Waals surface area contributed by atoms with Gasteiger partial charge in [-0.1, -0.05) is 0 Å².